The van der Waals surface area contributed by atoms with Crippen LogP contribution in [0.25, 0.3) is 63.6 Å². The highest BCUT2D eigenvalue weighted by Gasteiger charge is 2.24. The van der Waals surface area contributed by atoms with Gasteiger partial charge in [-0.1, -0.05) is 127 Å². The molecule has 0 amide bonds. The van der Waals surface area contributed by atoms with Gasteiger partial charge >= 0.3 is 0 Å². The molecular formula is C54H34N2S2. The summed E-state index contributed by atoms with van der Waals surface area (Å²) < 4.78 is 2.62. The van der Waals surface area contributed by atoms with Crippen molar-refractivity contribution in [3.63, 3.8) is 0 Å². The molecule has 0 saturated carbocycles. The molecule has 2 nitrogen and oxygen atoms in total. The maximum absolute atomic E-state index is 2.41. The zero-order valence-electron chi connectivity index (χ0n) is 31.3. The highest BCUT2D eigenvalue weighted by molar-refractivity contribution is 7.99. The normalized spacial score (nSPS) is 12.1. The van der Waals surface area contributed by atoms with Crippen LogP contribution in [0.4, 0.5) is 34.1 Å². The first-order valence-corrected chi connectivity index (χ1v) is 21.3. The summed E-state index contributed by atoms with van der Waals surface area (Å²) in [5.74, 6) is 0. The number of fused-ring (bicyclic) bond motifs is 8. The van der Waals surface area contributed by atoms with Crippen molar-refractivity contribution >= 4 is 110 Å². The van der Waals surface area contributed by atoms with E-state index < -0.39 is 0 Å². The molecule has 0 aliphatic carbocycles. The van der Waals surface area contributed by atoms with E-state index in [0.29, 0.717) is 0 Å². The van der Waals surface area contributed by atoms with Gasteiger partial charge in [0.15, 0.2) is 0 Å². The monoisotopic (exact) mass is 774 g/mol. The topological polar surface area (TPSA) is 6.48 Å². The third kappa shape index (κ3) is 5.41. The van der Waals surface area contributed by atoms with Gasteiger partial charge in [0, 0.05) is 69.5 Å². The van der Waals surface area contributed by atoms with Gasteiger partial charge < -0.3 is 9.80 Å². The summed E-state index contributed by atoms with van der Waals surface area (Å²) >= 11 is 3.74. The summed E-state index contributed by atoms with van der Waals surface area (Å²) in [6, 6.07) is 75.7. The highest BCUT2D eigenvalue weighted by Crippen LogP contribution is 2.52. The predicted octanol–water partition coefficient (Wildman–Crippen LogP) is 16.6. The summed E-state index contributed by atoms with van der Waals surface area (Å²) in [5.41, 5.74) is 9.42. The van der Waals surface area contributed by atoms with Crippen molar-refractivity contribution < 1.29 is 0 Å². The molecule has 0 radical (unpaired) electrons. The van der Waals surface area contributed by atoms with E-state index in [1.165, 1.54) is 73.4 Å². The van der Waals surface area contributed by atoms with Crippen molar-refractivity contribution in [1.29, 1.82) is 0 Å². The van der Waals surface area contributed by atoms with E-state index in [9.17, 15) is 0 Å². The van der Waals surface area contributed by atoms with Crippen LogP contribution in [0, 0.1) is 0 Å². The Morgan fingerprint density at radius 3 is 1.71 bits per heavy atom. The molecule has 0 unspecified atom stereocenters. The summed E-state index contributed by atoms with van der Waals surface area (Å²) in [7, 11) is 0. The van der Waals surface area contributed by atoms with Crippen LogP contribution in [0.2, 0.25) is 0 Å². The number of thiophene rings is 1. The second kappa shape index (κ2) is 13.4. The second-order valence-electron chi connectivity index (χ2n) is 14.9. The van der Waals surface area contributed by atoms with Gasteiger partial charge in [-0.25, -0.2) is 0 Å². The molecule has 4 heteroatoms. The fourth-order valence-electron chi connectivity index (χ4n) is 8.89. The van der Waals surface area contributed by atoms with E-state index in [2.05, 4.69) is 216 Å². The number of anilines is 6. The smallest absolute Gasteiger partial charge is 0.0476 e. The van der Waals surface area contributed by atoms with E-state index in [1.807, 2.05) is 23.1 Å². The van der Waals surface area contributed by atoms with Crippen LogP contribution in [0.1, 0.15) is 0 Å². The number of benzene rings is 10. The third-order valence-electron chi connectivity index (χ3n) is 11.6. The number of nitrogens with zero attached hydrogens (tertiary/aromatic N) is 2. The molecule has 0 saturated heterocycles. The minimum Gasteiger partial charge on any atom is -0.310 e. The molecule has 1 aliphatic heterocycles. The molecule has 2 heterocycles. The maximum Gasteiger partial charge on any atom is 0.0476 e. The predicted molar refractivity (Wildman–Crippen MR) is 251 cm³/mol. The minimum atomic E-state index is 1.14. The van der Waals surface area contributed by atoms with Gasteiger partial charge in [-0.3, -0.25) is 0 Å². The average Bonchev–Trinajstić information content (AvgIpc) is 3.65. The SMILES string of the molecule is c1ccc(N(c2ccc3c(c2)Sc2cccc4c2c-3cc2ccc(N(c3ccccc3)c3ccc5c(c3)sc3ccccc35)cc24)c2ccc3ccccc3c2)cc1. The van der Waals surface area contributed by atoms with Gasteiger partial charge in [-0.15, -0.1) is 11.3 Å². The number of rotatable bonds is 6. The summed E-state index contributed by atoms with van der Waals surface area (Å²) in [4.78, 5) is 7.33. The Hall–Kier alpha value is -6.85. The molecule has 272 valence electrons. The Balaban J connectivity index is 0.990. The van der Waals surface area contributed by atoms with E-state index in [1.54, 1.807) is 0 Å². The van der Waals surface area contributed by atoms with E-state index in [4.69, 9.17) is 0 Å². The lowest BCUT2D eigenvalue weighted by molar-refractivity contribution is 1.26. The lowest BCUT2D eigenvalue weighted by Crippen LogP contribution is -2.10. The van der Waals surface area contributed by atoms with Crippen LogP contribution in [0.3, 0.4) is 0 Å². The van der Waals surface area contributed by atoms with Gasteiger partial charge in [0.05, 0.1) is 0 Å². The van der Waals surface area contributed by atoms with E-state index in [0.717, 1.165) is 34.1 Å². The fourth-order valence-corrected chi connectivity index (χ4v) is 11.2. The first-order valence-electron chi connectivity index (χ1n) is 19.7. The van der Waals surface area contributed by atoms with E-state index >= 15 is 0 Å². The Kier molecular flexibility index (Phi) is 7.68. The molecule has 0 atom stereocenters. The van der Waals surface area contributed by atoms with Gasteiger partial charge in [-0.2, -0.15) is 0 Å². The molecule has 10 aromatic carbocycles. The molecule has 0 fully saturated rings. The van der Waals surface area contributed by atoms with Crippen molar-refractivity contribution in [2.75, 3.05) is 9.80 Å². The summed E-state index contributed by atoms with van der Waals surface area (Å²) in [6.07, 6.45) is 0. The largest absolute Gasteiger partial charge is 0.310 e. The number of hydrogen-bond donors (Lipinski definition) is 0. The Labute approximate surface area is 344 Å². The van der Waals surface area contributed by atoms with Crippen LogP contribution in [-0.4, -0.2) is 0 Å². The Bertz CT molecular complexity index is 3390. The number of hydrogen-bond acceptors (Lipinski definition) is 4. The molecule has 11 aromatic rings. The van der Waals surface area contributed by atoms with Gasteiger partial charge in [0.2, 0.25) is 0 Å². The van der Waals surface area contributed by atoms with Crippen molar-refractivity contribution in [1.82, 2.24) is 0 Å². The number of para-hydroxylation sites is 2. The molecule has 0 spiro atoms. The summed E-state index contributed by atoms with van der Waals surface area (Å²) in [6.45, 7) is 0. The average molecular weight is 775 g/mol. The molecule has 12 rings (SSSR count). The molecular weight excluding hydrogens is 741 g/mol. The quantitative estimate of drug-likeness (QED) is 0.155. The van der Waals surface area contributed by atoms with Gasteiger partial charge in [0.1, 0.15) is 0 Å². The van der Waals surface area contributed by atoms with Gasteiger partial charge in [0.25, 0.3) is 0 Å². The Morgan fingerprint density at radius 2 is 0.897 bits per heavy atom. The standard InChI is InChI=1S/C54H34N2S2/c1-3-14-38(15-4-1)55(40-24-22-35-12-7-8-13-36(35)30-40)42-27-29-46-49-31-37-23-25-41(32-48(37)47-19-11-21-51(54(47)49)58-53(46)34-42)56(39-16-5-2-6-17-39)43-26-28-45-44-18-9-10-20-50(44)57-52(45)33-43/h1-34H. The lowest BCUT2D eigenvalue weighted by atomic mass is 9.92. The second-order valence-corrected chi connectivity index (χ2v) is 17.1. The highest BCUT2D eigenvalue weighted by atomic mass is 32.2. The first kappa shape index (κ1) is 33.3. The zero-order chi connectivity index (χ0) is 38.2. The van der Waals surface area contributed by atoms with E-state index in [-0.39, 0.29) is 0 Å². The van der Waals surface area contributed by atoms with Crippen molar-refractivity contribution in [2.45, 2.75) is 9.79 Å². The fraction of sp³-hybridized carbons (Fsp3) is 0. The zero-order valence-corrected chi connectivity index (χ0v) is 33.0. The van der Waals surface area contributed by atoms with Crippen molar-refractivity contribution in [2.24, 2.45) is 0 Å². The first-order chi connectivity index (χ1) is 28.7. The third-order valence-corrected chi connectivity index (χ3v) is 13.8. The van der Waals surface area contributed by atoms with Crippen LogP contribution >= 0.6 is 23.1 Å². The lowest BCUT2D eigenvalue weighted by Gasteiger charge is -2.28. The van der Waals surface area contributed by atoms with Crippen molar-refractivity contribution in [3.05, 3.63) is 206 Å². The van der Waals surface area contributed by atoms with Crippen LogP contribution in [-0.2, 0) is 0 Å². The molecule has 0 bridgehead atoms. The van der Waals surface area contributed by atoms with Crippen LogP contribution in [0.15, 0.2) is 216 Å². The van der Waals surface area contributed by atoms with Crippen LogP contribution in [0.5, 0.6) is 0 Å². The molecule has 1 aliphatic rings. The summed E-state index contributed by atoms with van der Waals surface area (Å²) in [5, 5.41) is 10.2. The molecule has 1 aromatic heterocycles. The maximum atomic E-state index is 2.41. The van der Waals surface area contributed by atoms with Crippen LogP contribution < -0.4 is 9.80 Å². The molecule has 0 N–H and O–H groups in total. The van der Waals surface area contributed by atoms with Crippen molar-refractivity contribution in [3.8, 4) is 11.1 Å². The minimum absolute atomic E-state index is 1.14. The molecule has 58 heavy (non-hydrogen) atoms. The Morgan fingerprint density at radius 1 is 0.293 bits per heavy atom. The van der Waals surface area contributed by atoms with Gasteiger partial charge in [-0.05, 0) is 129 Å².